The number of rotatable bonds is 4. The zero-order valence-corrected chi connectivity index (χ0v) is 16.6. The molecule has 146 valence electrons. The van der Waals surface area contributed by atoms with Crippen molar-refractivity contribution in [1.29, 1.82) is 0 Å². The Balaban J connectivity index is 1.44. The second kappa shape index (κ2) is 7.22. The van der Waals surface area contributed by atoms with E-state index in [4.69, 9.17) is 9.40 Å². The Hall–Kier alpha value is -2.37. The molecule has 28 heavy (non-hydrogen) atoms. The molecule has 1 aromatic carbocycles. The third-order valence-corrected chi connectivity index (χ3v) is 6.56. The number of nitrogens with zero attached hydrogens (tertiary/aromatic N) is 4. The predicted octanol–water partition coefficient (Wildman–Crippen LogP) is 3.97. The summed E-state index contributed by atoms with van der Waals surface area (Å²) in [4.78, 5) is 10.2. The highest BCUT2D eigenvalue weighted by molar-refractivity contribution is 5.59. The van der Waals surface area contributed by atoms with Crippen molar-refractivity contribution in [3.05, 3.63) is 66.5 Å². The first kappa shape index (κ1) is 17.7. The molecule has 1 fully saturated rings. The van der Waals surface area contributed by atoms with Crippen molar-refractivity contribution in [3.8, 4) is 11.3 Å². The number of imidazole rings is 1. The largest absolute Gasteiger partial charge is 0.468 e. The van der Waals surface area contributed by atoms with Gasteiger partial charge in [0.05, 0.1) is 30.2 Å². The smallest absolute Gasteiger partial charge is 0.129 e. The van der Waals surface area contributed by atoms with Gasteiger partial charge in [0.25, 0.3) is 0 Å². The van der Waals surface area contributed by atoms with Gasteiger partial charge in [-0.2, -0.15) is 0 Å². The van der Waals surface area contributed by atoms with Crippen LogP contribution in [0.1, 0.15) is 31.4 Å². The number of hydrogen-bond donors (Lipinski definition) is 0. The van der Waals surface area contributed by atoms with Crippen molar-refractivity contribution in [2.75, 3.05) is 26.2 Å². The van der Waals surface area contributed by atoms with Crippen LogP contribution < -0.4 is 0 Å². The summed E-state index contributed by atoms with van der Waals surface area (Å²) in [6.45, 7) is 8.52. The van der Waals surface area contributed by atoms with Crippen LogP contribution in [0.15, 0.2) is 59.3 Å². The number of benzene rings is 1. The van der Waals surface area contributed by atoms with Gasteiger partial charge in [0, 0.05) is 26.2 Å². The maximum absolute atomic E-state index is 5.56. The number of fused-ring (bicyclic) bond motifs is 2. The van der Waals surface area contributed by atoms with Crippen molar-refractivity contribution in [3.63, 3.8) is 0 Å². The zero-order chi connectivity index (χ0) is 19.0. The third kappa shape index (κ3) is 2.90. The van der Waals surface area contributed by atoms with E-state index in [1.807, 2.05) is 6.07 Å². The lowest BCUT2D eigenvalue weighted by atomic mass is 9.83. The number of likely N-dealkylation sites (N-methyl/N-ethyl adjacent to an activating group) is 1. The summed E-state index contributed by atoms with van der Waals surface area (Å²) >= 11 is 0. The van der Waals surface area contributed by atoms with Gasteiger partial charge >= 0.3 is 0 Å². The fraction of sp³-hybridized carbons (Fsp3) is 0.435. The topological polar surface area (TPSA) is 37.4 Å². The van der Waals surface area contributed by atoms with Gasteiger partial charge in [-0.05, 0) is 37.1 Å². The number of furan rings is 1. The van der Waals surface area contributed by atoms with E-state index in [9.17, 15) is 0 Å². The zero-order valence-electron chi connectivity index (χ0n) is 16.6. The number of likely N-dealkylation sites (tertiary alicyclic amines) is 1. The van der Waals surface area contributed by atoms with Crippen LogP contribution in [-0.4, -0.2) is 45.5 Å². The van der Waals surface area contributed by atoms with Gasteiger partial charge in [0.2, 0.25) is 0 Å². The molecule has 1 saturated heterocycles. The molecule has 5 heteroatoms. The van der Waals surface area contributed by atoms with E-state index in [0.717, 1.165) is 57.9 Å². The molecule has 0 N–H and O–H groups in total. The molecular formula is C23H28N4O. The lowest BCUT2D eigenvalue weighted by Gasteiger charge is -2.50. The fourth-order valence-electron chi connectivity index (χ4n) is 5.09. The quantitative estimate of drug-likeness (QED) is 0.690. The molecule has 0 unspecified atom stereocenters. The van der Waals surface area contributed by atoms with E-state index < -0.39 is 0 Å². The lowest BCUT2D eigenvalue weighted by molar-refractivity contribution is -0.00898. The van der Waals surface area contributed by atoms with E-state index in [0.29, 0.717) is 0 Å². The number of aromatic nitrogens is 2. The average molecular weight is 377 g/mol. The van der Waals surface area contributed by atoms with Crippen LogP contribution in [0.4, 0.5) is 0 Å². The van der Waals surface area contributed by atoms with Gasteiger partial charge in [-0.3, -0.25) is 9.80 Å². The molecule has 2 aliphatic heterocycles. The first-order valence-corrected chi connectivity index (χ1v) is 10.4. The summed E-state index contributed by atoms with van der Waals surface area (Å²) in [5.41, 5.74) is 2.57. The van der Waals surface area contributed by atoms with E-state index in [1.54, 1.807) is 6.26 Å². The molecule has 2 aromatic heterocycles. The molecule has 0 bridgehead atoms. The van der Waals surface area contributed by atoms with Crippen LogP contribution in [0, 0.1) is 0 Å². The first-order valence-electron chi connectivity index (χ1n) is 10.4. The molecule has 0 amide bonds. The van der Waals surface area contributed by atoms with E-state index in [1.165, 1.54) is 17.1 Å². The molecule has 0 radical (unpaired) electrons. The highest BCUT2D eigenvalue weighted by Crippen LogP contribution is 2.42. The van der Waals surface area contributed by atoms with Crippen LogP contribution >= 0.6 is 0 Å². The molecule has 0 saturated carbocycles. The third-order valence-electron chi connectivity index (χ3n) is 6.56. The Bertz CT molecular complexity index is 907. The monoisotopic (exact) mass is 376 g/mol. The van der Waals surface area contributed by atoms with Crippen LogP contribution in [0.3, 0.4) is 0 Å². The van der Waals surface area contributed by atoms with Crippen molar-refractivity contribution >= 4 is 0 Å². The molecular weight excluding hydrogens is 348 g/mol. The second-order valence-corrected chi connectivity index (χ2v) is 7.95. The highest BCUT2D eigenvalue weighted by Gasteiger charge is 2.46. The molecule has 1 spiro atoms. The van der Waals surface area contributed by atoms with Crippen LogP contribution in [0.25, 0.3) is 11.3 Å². The van der Waals surface area contributed by atoms with Crippen molar-refractivity contribution < 1.29 is 4.42 Å². The summed E-state index contributed by atoms with van der Waals surface area (Å²) in [6, 6.07) is 14.7. The van der Waals surface area contributed by atoms with Crippen molar-refractivity contribution in [2.24, 2.45) is 0 Å². The molecule has 5 rings (SSSR count). The van der Waals surface area contributed by atoms with Gasteiger partial charge in [0.15, 0.2) is 0 Å². The first-order chi connectivity index (χ1) is 13.8. The normalized spacial score (nSPS) is 19.8. The molecule has 5 nitrogen and oxygen atoms in total. The minimum Gasteiger partial charge on any atom is -0.468 e. The predicted molar refractivity (Wildman–Crippen MR) is 110 cm³/mol. The Morgan fingerprint density at radius 1 is 1.00 bits per heavy atom. The summed E-state index contributed by atoms with van der Waals surface area (Å²) in [5, 5.41) is 0. The highest BCUT2D eigenvalue weighted by atomic mass is 16.3. The van der Waals surface area contributed by atoms with Gasteiger partial charge in [-0.25, -0.2) is 4.98 Å². The maximum Gasteiger partial charge on any atom is 0.129 e. The minimum absolute atomic E-state index is 0.0553. The van der Waals surface area contributed by atoms with Gasteiger partial charge in [-0.1, -0.05) is 37.3 Å². The number of piperidine rings is 1. The van der Waals surface area contributed by atoms with Gasteiger partial charge in [0.1, 0.15) is 11.6 Å². The minimum atomic E-state index is 0.0553. The van der Waals surface area contributed by atoms with E-state index in [-0.39, 0.29) is 5.54 Å². The summed E-state index contributed by atoms with van der Waals surface area (Å²) in [7, 11) is 0. The molecule has 0 aliphatic carbocycles. The lowest BCUT2D eigenvalue weighted by Crippen LogP contribution is -2.57. The van der Waals surface area contributed by atoms with Gasteiger partial charge < -0.3 is 8.98 Å². The van der Waals surface area contributed by atoms with Crippen LogP contribution in [0.5, 0.6) is 0 Å². The summed E-state index contributed by atoms with van der Waals surface area (Å²) in [6.07, 6.45) is 6.09. The van der Waals surface area contributed by atoms with Crippen LogP contribution in [0.2, 0.25) is 0 Å². The SMILES string of the molecule is CCN1CCn2c(-c3ccccc3)cnc2C12CCN(Cc1ccco1)CC2. The Labute approximate surface area is 166 Å². The molecule has 4 heterocycles. The summed E-state index contributed by atoms with van der Waals surface area (Å²) in [5.74, 6) is 2.32. The standard InChI is InChI=1S/C23H28N4O/c1-2-26-14-15-27-21(19-7-4-3-5-8-19)17-24-22(27)23(26)10-12-25(13-11-23)18-20-9-6-16-28-20/h3-9,16-17H,2,10-15,18H2,1H3. The maximum atomic E-state index is 5.56. The van der Waals surface area contributed by atoms with Crippen LogP contribution in [-0.2, 0) is 18.6 Å². The van der Waals surface area contributed by atoms with Crippen molar-refractivity contribution in [2.45, 2.75) is 38.4 Å². The van der Waals surface area contributed by atoms with E-state index in [2.05, 4.69) is 63.9 Å². The second-order valence-electron chi connectivity index (χ2n) is 7.95. The number of hydrogen-bond acceptors (Lipinski definition) is 4. The molecule has 2 aliphatic rings. The van der Waals surface area contributed by atoms with Crippen molar-refractivity contribution in [1.82, 2.24) is 19.4 Å². The van der Waals surface area contributed by atoms with E-state index >= 15 is 0 Å². The molecule has 0 atom stereocenters. The average Bonchev–Trinajstić information content (AvgIpc) is 3.41. The Morgan fingerprint density at radius 2 is 1.82 bits per heavy atom. The Kier molecular flexibility index (Phi) is 4.57. The molecule has 3 aromatic rings. The van der Waals surface area contributed by atoms with Gasteiger partial charge in [-0.15, -0.1) is 0 Å². The summed E-state index contributed by atoms with van der Waals surface area (Å²) < 4.78 is 8.03. The Morgan fingerprint density at radius 3 is 2.54 bits per heavy atom. The fourth-order valence-corrected chi connectivity index (χ4v) is 5.09.